The summed E-state index contributed by atoms with van der Waals surface area (Å²) in [6, 6.07) is 34.1. The third-order valence-electron chi connectivity index (χ3n) is 6.13. The molecule has 0 saturated carbocycles. The quantitative estimate of drug-likeness (QED) is 0.126. The zero-order valence-electron chi connectivity index (χ0n) is 20.7. The van der Waals surface area contributed by atoms with Crippen molar-refractivity contribution in [1.82, 2.24) is 10.7 Å². The van der Waals surface area contributed by atoms with Crippen LogP contribution >= 0.6 is 0 Å². The number of methoxy groups -OCH3 is 1. The number of amides is 2. The van der Waals surface area contributed by atoms with E-state index in [1.165, 1.54) is 0 Å². The Balaban J connectivity index is 1.45. The van der Waals surface area contributed by atoms with E-state index >= 15 is 0 Å². The molecule has 0 saturated heterocycles. The highest BCUT2D eigenvalue weighted by Gasteiger charge is 2.14. The number of rotatable bonds is 7. The number of nitrogens with one attached hydrogen (secondary N) is 2. The monoisotopic (exact) mass is 499 g/mol. The first-order valence-electron chi connectivity index (χ1n) is 12.1. The lowest BCUT2D eigenvalue weighted by Crippen LogP contribution is -2.32. The standard InChI is InChI=1S/C32H25N3O3/c1-38-26-17-15-22(16-18-26)19-30(34-31(36)23-9-3-2-4-10-23)32(37)35-33-21-29-27-13-7-5-11-24(27)20-25-12-6-8-14-28(25)29/h2-21H,1H3,(H,34,36)(H,35,37)/b30-19-,33-21-. The smallest absolute Gasteiger partial charge is 0.287 e. The van der Waals surface area contributed by atoms with E-state index in [0.717, 1.165) is 27.1 Å². The molecular formula is C32H25N3O3. The topological polar surface area (TPSA) is 79.8 Å². The number of nitrogens with zero attached hydrogens (tertiary/aromatic N) is 1. The van der Waals surface area contributed by atoms with Gasteiger partial charge in [-0.3, -0.25) is 9.59 Å². The zero-order chi connectivity index (χ0) is 26.3. The predicted octanol–water partition coefficient (Wildman–Crippen LogP) is 5.92. The summed E-state index contributed by atoms with van der Waals surface area (Å²) in [6.07, 6.45) is 3.24. The zero-order valence-corrected chi connectivity index (χ0v) is 20.7. The summed E-state index contributed by atoms with van der Waals surface area (Å²) in [5, 5.41) is 11.2. The molecule has 186 valence electrons. The minimum absolute atomic E-state index is 0.0592. The fourth-order valence-corrected chi connectivity index (χ4v) is 4.21. The second kappa shape index (κ2) is 11.2. The fraction of sp³-hybridized carbons (Fsp3) is 0.0312. The highest BCUT2D eigenvalue weighted by molar-refractivity contribution is 6.13. The summed E-state index contributed by atoms with van der Waals surface area (Å²) < 4.78 is 5.21. The van der Waals surface area contributed by atoms with Gasteiger partial charge in [-0.25, -0.2) is 5.43 Å². The predicted molar refractivity (Wildman–Crippen MR) is 152 cm³/mol. The minimum Gasteiger partial charge on any atom is -0.497 e. The average Bonchev–Trinajstić information content (AvgIpc) is 2.97. The molecule has 0 heterocycles. The summed E-state index contributed by atoms with van der Waals surface area (Å²) in [4.78, 5) is 26.1. The summed E-state index contributed by atoms with van der Waals surface area (Å²) in [5.41, 5.74) is 4.69. The van der Waals surface area contributed by atoms with E-state index in [4.69, 9.17) is 4.74 Å². The van der Waals surface area contributed by atoms with E-state index in [1.54, 1.807) is 67.9 Å². The molecule has 2 amide bonds. The van der Waals surface area contributed by atoms with E-state index in [1.807, 2.05) is 54.6 Å². The molecule has 0 aliphatic heterocycles. The van der Waals surface area contributed by atoms with Gasteiger partial charge in [0.15, 0.2) is 0 Å². The number of benzene rings is 5. The van der Waals surface area contributed by atoms with Gasteiger partial charge in [0, 0.05) is 11.1 Å². The van der Waals surface area contributed by atoms with Crippen molar-refractivity contribution in [2.75, 3.05) is 7.11 Å². The van der Waals surface area contributed by atoms with E-state index < -0.39 is 11.8 Å². The third kappa shape index (κ3) is 5.44. The first-order valence-corrected chi connectivity index (χ1v) is 12.1. The van der Waals surface area contributed by atoms with Gasteiger partial charge in [-0.05, 0) is 63.5 Å². The van der Waals surface area contributed by atoms with Gasteiger partial charge < -0.3 is 10.1 Å². The lowest BCUT2D eigenvalue weighted by atomic mass is 9.97. The van der Waals surface area contributed by atoms with Crippen LogP contribution in [0, 0.1) is 0 Å². The number of hydrogen-bond acceptors (Lipinski definition) is 4. The van der Waals surface area contributed by atoms with E-state index in [0.29, 0.717) is 16.9 Å². The second-order valence-electron chi connectivity index (χ2n) is 8.58. The lowest BCUT2D eigenvalue weighted by Gasteiger charge is -2.10. The summed E-state index contributed by atoms with van der Waals surface area (Å²) in [6.45, 7) is 0. The molecule has 5 aromatic rings. The molecular weight excluding hydrogens is 474 g/mol. The maximum atomic E-state index is 13.2. The molecule has 0 bridgehead atoms. The van der Waals surface area contributed by atoms with Gasteiger partial charge in [0.25, 0.3) is 11.8 Å². The van der Waals surface area contributed by atoms with Crippen molar-refractivity contribution in [1.29, 1.82) is 0 Å². The Hall–Kier alpha value is -5.23. The maximum absolute atomic E-state index is 13.2. The van der Waals surface area contributed by atoms with Gasteiger partial charge in [0.2, 0.25) is 0 Å². The van der Waals surface area contributed by atoms with Crippen molar-refractivity contribution < 1.29 is 14.3 Å². The van der Waals surface area contributed by atoms with Gasteiger partial charge in [0.1, 0.15) is 11.4 Å². The first kappa shape index (κ1) is 24.5. The van der Waals surface area contributed by atoms with Crippen LogP contribution in [0.2, 0.25) is 0 Å². The van der Waals surface area contributed by atoms with Crippen LogP contribution < -0.4 is 15.5 Å². The van der Waals surface area contributed by atoms with Gasteiger partial charge >= 0.3 is 0 Å². The second-order valence-corrected chi connectivity index (χ2v) is 8.58. The van der Waals surface area contributed by atoms with Gasteiger partial charge in [-0.1, -0.05) is 78.9 Å². The van der Waals surface area contributed by atoms with Gasteiger partial charge in [-0.2, -0.15) is 5.10 Å². The highest BCUT2D eigenvalue weighted by atomic mass is 16.5. The molecule has 0 aromatic heterocycles. The normalized spacial score (nSPS) is 11.6. The van der Waals surface area contributed by atoms with Gasteiger partial charge in [0.05, 0.1) is 13.3 Å². The van der Waals surface area contributed by atoms with Crippen LogP contribution in [0.25, 0.3) is 27.6 Å². The molecule has 6 nitrogen and oxygen atoms in total. The molecule has 0 spiro atoms. The molecule has 6 heteroatoms. The van der Waals surface area contributed by atoms with Crippen LogP contribution in [0.4, 0.5) is 0 Å². The Bertz CT molecular complexity index is 1620. The summed E-state index contributed by atoms with van der Waals surface area (Å²) in [5.74, 6) is -0.260. The number of ether oxygens (including phenoxy) is 1. The molecule has 0 fully saturated rings. The number of carbonyl (C=O) groups is 2. The Morgan fingerprint density at radius 1 is 0.763 bits per heavy atom. The maximum Gasteiger partial charge on any atom is 0.287 e. The van der Waals surface area contributed by atoms with E-state index in [9.17, 15) is 9.59 Å². The molecule has 0 atom stereocenters. The Kier molecular flexibility index (Phi) is 7.23. The highest BCUT2D eigenvalue weighted by Crippen LogP contribution is 2.27. The number of hydrogen-bond donors (Lipinski definition) is 2. The third-order valence-corrected chi connectivity index (χ3v) is 6.13. The van der Waals surface area contributed by atoms with Crippen LogP contribution in [0.1, 0.15) is 21.5 Å². The van der Waals surface area contributed by atoms with E-state index in [2.05, 4.69) is 21.9 Å². The number of carbonyl (C=O) groups excluding carboxylic acids is 2. The SMILES string of the molecule is COc1ccc(/C=C(\NC(=O)c2ccccc2)C(=O)N/N=C\c2c3ccccc3cc3ccccc23)cc1. The van der Waals surface area contributed by atoms with Crippen molar-refractivity contribution in [3.8, 4) is 5.75 Å². The number of hydrazone groups is 1. The largest absolute Gasteiger partial charge is 0.497 e. The Morgan fingerprint density at radius 2 is 1.37 bits per heavy atom. The van der Waals surface area contributed by atoms with Crippen LogP contribution in [-0.2, 0) is 4.79 Å². The fourth-order valence-electron chi connectivity index (χ4n) is 4.21. The molecule has 5 rings (SSSR count). The van der Waals surface area contributed by atoms with Crippen molar-refractivity contribution in [2.45, 2.75) is 0 Å². The molecule has 38 heavy (non-hydrogen) atoms. The molecule has 5 aromatic carbocycles. The summed E-state index contributed by atoms with van der Waals surface area (Å²) >= 11 is 0. The molecule has 0 radical (unpaired) electrons. The minimum atomic E-state index is -0.550. The van der Waals surface area contributed by atoms with E-state index in [-0.39, 0.29) is 5.70 Å². The number of fused-ring (bicyclic) bond motifs is 2. The Labute approximate surface area is 220 Å². The summed E-state index contributed by atoms with van der Waals surface area (Å²) in [7, 11) is 1.58. The van der Waals surface area contributed by atoms with Gasteiger partial charge in [-0.15, -0.1) is 0 Å². The molecule has 2 N–H and O–H groups in total. The van der Waals surface area contributed by atoms with Crippen molar-refractivity contribution in [2.24, 2.45) is 5.10 Å². The lowest BCUT2D eigenvalue weighted by molar-refractivity contribution is -0.117. The van der Waals surface area contributed by atoms with Crippen LogP contribution in [0.5, 0.6) is 5.75 Å². The molecule has 0 aliphatic carbocycles. The molecule has 0 unspecified atom stereocenters. The molecule has 0 aliphatic rings. The average molecular weight is 500 g/mol. The van der Waals surface area contributed by atoms with Crippen LogP contribution in [0.15, 0.2) is 120 Å². The first-order chi connectivity index (χ1) is 18.6. The Morgan fingerprint density at radius 3 is 2.00 bits per heavy atom. The van der Waals surface area contributed by atoms with Crippen LogP contribution in [-0.4, -0.2) is 25.1 Å². The van der Waals surface area contributed by atoms with Crippen molar-refractivity contribution in [3.05, 3.63) is 132 Å². The van der Waals surface area contributed by atoms with Crippen molar-refractivity contribution >= 4 is 45.6 Å². The van der Waals surface area contributed by atoms with Crippen LogP contribution in [0.3, 0.4) is 0 Å². The van der Waals surface area contributed by atoms with Crippen molar-refractivity contribution in [3.63, 3.8) is 0 Å².